The molecule has 0 aliphatic heterocycles. The molecule has 0 saturated carbocycles. The molecule has 0 bridgehead atoms. The first kappa shape index (κ1) is 15.6. The van der Waals surface area contributed by atoms with Crippen LogP contribution in [-0.2, 0) is 12.8 Å². The molecule has 0 radical (unpaired) electrons. The average molecular weight is 361 g/mol. The van der Waals surface area contributed by atoms with Crippen molar-refractivity contribution in [2.45, 2.75) is 26.7 Å². The van der Waals surface area contributed by atoms with Crippen molar-refractivity contribution in [2.24, 2.45) is 0 Å². The van der Waals surface area contributed by atoms with Crippen LogP contribution in [-0.4, -0.2) is 35.2 Å². The normalized spacial score (nSPS) is 11.6. The van der Waals surface area contributed by atoms with Gasteiger partial charge in [-0.25, -0.2) is 9.97 Å². The maximum atomic E-state index is 5.35. The molecule has 5 rings (SSSR count). The topological polar surface area (TPSA) is 119 Å². The fourth-order valence-corrected chi connectivity index (χ4v) is 2.91. The van der Waals surface area contributed by atoms with E-state index in [4.69, 9.17) is 9.05 Å². The van der Waals surface area contributed by atoms with E-state index in [9.17, 15) is 0 Å². The standard InChI is InChI=1S/C18H15N7O2/c1-3-13-21-17(26-24-13)9-5-6-11-10(7-9)15-12(20-11)8-19-16(23-15)18-22-14(4-2)25-27-18/h5-8,20H,3-4H2,1-2H3. The maximum Gasteiger partial charge on any atom is 0.295 e. The second-order valence-electron chi connectivity index (χ2n) is 6.08. The molecule has 0 aliphatic carbocycles. The summed E-state index contributed by atoms with van der Waals surface area (Å²) in [4.78, 5) is 21.0. The zero-order chi connectivity index (χ0) is 18.4. The Hall–Kier alpha value is -3.62. The van der Waals surface area contributed by atoms with Gasteiger partial charge in [0, 0.05) is 29.3 Å². The number of aromatic nitrogens is 7. The molecule has 27 heavy (non-hydrogen) atoms. The molecule has 0 fully saturated rings. The Morgan fingerprint density at radius 3 is 2.37 bits per heavy atom. The van der Waals surface area contributed by atoms with E-state index in [1.807, 2.05) is 32.0 Å². The van der Waals surface area contributed by atoms with Gasteiger partial charge in [0.25, 0.3) is 11.8 Å². The number of nitrogens with zero attached hydrogens (tertiary/aromatic N) is 6. The summed E-state index contributed by atoms with van der Waals surface area (Å²) in [7, 11) is 0. The van der Waals surface area contributed by atoms with Crippen molar-refractivity contribution in [3.8, 4) is 23.2 Å². The lowest BCUT2D eigenvalue weighted by Crippen LogP contribution is -1.90. The first-order valence-electron chi connectivity index (χ1n) is 8.69. The number of aromatic amines is 1. The highest BCUT2D eigenvalue weighted by Gasteiger charge is 2.15. The minimum absolute atomic E-state index is 0.309. The van der Waals surface area contributed by atoms with Crippen LogP contribution in [0.2, 0.25) is 0 Å². The number of H-pyrrole nitrogens is 1. The van der Waals surface area contributed by atoms with Crippen LogP contribution >= 0.6 is 0 Å². The summed E-state index contributed by atoms with van der Waals surface area (Å²) in [5.41, 5.74) is 3.36. The van der Waals surface area contributed by atoms with Gasteiger partial charge in [-0.15, -0.1) is 0 Å². The van der Waals surface area contributed by atoms with Gasteiger partial charge in [0.05, 0.1) is 11.7 Å². The molecule has 1 aromatic carbocycles. The fraction of sp³-hybridized carbons (Fsp3) is 0.222. The summed E-state index contributed by atoms with van der Waals surface area (Å²) < 4.78 is 10.6. The molecule has 0 saturated heterocycles. The Morgan fingerprint density at radius 2 is 1.63 bits per heavy atom. The number of hydrogen-bond acceptors (Lipinski definition) is 8. The smallest absolute Gasteiger partial charge is 0.295 e. The zero-order valence-corrected chi connectivity index (χ0v) is 14.7. The van der Waals surface area contributed by atoms with Crippen LogP contribution in [0.5, 0.6) is 0 Å². The molecule has 0 unspecified atom stereocenters. The van der Waals surface area contributed by atoms with Crippen LogP contribution in [0.1, 0.15) is 25.5 Å². The highest BCUT2D eigenvalue weighted by atomic mass is 16.5. The molecular formula is C18H15N7O2. The van der Waals surface area contributed by atoms with Crippen LogP contribution in [0.15, 0.2) is 33.4 Å². The van der Waals surface area contributed by atoms with Crippen molar-refractivity contribution in [1.29, 1.82) is 0 Å². The molecule has 0 aliphatic rings. The molecule has 134 valence electrons. The second-order valence-corrected chi connectivity index (χ2v) is 6.08. The zero-order valence-electron chi connectivity index (χ0n) is 14.7. The van der Waals surface area contributed by atoms with Crippen LogP contribution in [0.4, 0.5) is 0 Å². The highest BCUT2D eigenvalue weighted by Crippen LogP contribution is 2.29. The van der Waals surface area contributed by atoms with E-state index in [1.165, 1.54) is 0 Å². The van der Waals surface area contributed by atoms with Gasteiger partial charge in [-0.2, -0.15) is 9.97 Å². The van der Waals surface area contributed by atoms with Crippen molar-refractivity contribution in [3.63, 3.8) is 0 Å². The highest BCUT2D eigenvalue weighted by molar-refractivity contribution is 6.06. The van der Waals surface area contributed by atoms with Gasteiger partial charge in [0.1, 0.15) is 5.52 Å². The Balaban J connectivity index is 1.66. The summed E-state index contributed by atoms with van der Waals surface area (Å²) in [5.74, 6) is 2.49. The van der Waals surface area contributed by atoms with E-state index in [2.05, 4.69) is 35.2 Å². The maximum absolute atomic E-state index is 5.35. The van der Waals surface area contributed by atoms with E-state index < -0.39 is 0 Å². The number of nitrogens with one attached hydrogen (secondary N) is 1. The van der Waals surface area contributed by atoms with Crippen molar-refractivity contribution >= 4 is 21.9 Å². The van der Waals surface area contributed by atoms with Gasteiger partial charge in [0.15, 0.2) is 11.6 Å². The van der Waals surface area contributed by atoms with E-state index in [-0.39, 0.29) is 0 Å². The quantitative estimate of drug-likeness (QED) is 0.517. The molecule has 9 nitrogen and oxygen atoms in total. The third kappa shape index (κ3) is 2.55. The molecule has 4 heterocycles. The van der Waals surface area contributed by atoms with E-state index in [0.29, 0.717) is 35.7 Å². The Kier molecular flexibility index (Phi) is 3.46. The summed E-state index contributed by atoms with van der Waals surface area (Å²) >= 11 is 0. The molecule has 0 atom stereocenters. The number of hydrogen-bond donors (Lipinski definition) is 1. The van der Waals surface area contributed by atoms with Gasteiger partial charge in [-0.3, -0.25) is 0 Å². The molecule has 5 aromatic rings. The van der Waals surface area contributed by atoms with Gasteiger partial charge < -0.3 is 14.0 Å². The monoisotopic (exact) mass is 361 g/mol. The summed E-state index contributed by atoms with van der Waals surface area (Å²) in [6.45, 7) is 3.94. The van der Waals surface area contributed by atoms with Gasteiger partial charge >= 0.3 is 0 Å². The molecule has 4 aromatic heterocycles. The lowest BCUT2D eigenvalue weighted by Gasteiger charge is -1.96. The lowest BCUT2D eigenvalue weighted by atomic mass is 10.1. The van der Waals surface area contributed by atoms with E-state index in [1.54, 1.807) is 6.20 Å². The van der Waals surface area contributed by atoms with Gasteiger partial charge in [0.2, 0.25) is 5.82 Å². The first-order chi connectivity index (χ1) is 13.2. The largest absolute Gasteiger partial charge is 0.352 e. The van der Waals surface area contributed by atoms with Crippen LogP contribution in [0.25, 0.3) is 45.1 Å². The Bertz CT molecular complexity index is 1170. The predicted octanol–water partition coefficient (Wildman–Crippen LogP) is 3.34. The third-order valence-electron chi connectivity index (χ3n) is 4.34. The van der Waals surface area contributed by atoms with Crippen LogP contribution in [0.3, 0.4) is 0 Å². The number of fused-ring (bicyclic) bond motifs is 3. The number of rotatable bonds is 4. The first-order valence-corrected chi connectivity index (χ1v) is 8.69. The molecule has 1 N–H and O–H groups in total. The minimum Gasteiger partial charge on any atom is -0.352 e. The second kappa shape index (κ2) is 5.97. The Morgan fingerprint density at radius 1 is 0.889 bits per heavy atom. The molecule has 9 heteroatoms. The number of benzene rings is 1. The molecular weight excluding hydrogens is 346 g/mol. The SMILES string of the molecule is CCc1noc(-c2ccc3[nH]c4cnc(-c5nc(CC)no5)nc4c3c2)n1. The summed E-state index contributed by atoms with van der Waals surface area (Å²) in [6.07, 6.45) is 3.13. The predicted molar refractivity (Wildman–Crippen MR) is 96.7 cm³/mol. The van der Waals surface area contributed by atoms with Crippen LogP contribution < -0.4 is 0 Å². The summed E-state index contributed by atoms with van der Waals surface area (Å²) in [5, 5.41) is 8.79. The van der Waals surface area contributed by atoms with Crippen molar-refractivity contribution in [1.82, 2.24) is 35.2 Å². The summed E-state index contributed by atoms with van der Waals surface area (Å²) in [6, 6.07) is 5.87. The Labute approximate surface area is 152 Å². The lowest BCUT2D eigenvalue weighted by molar-refractivity contribution is 0.421. The van der Waals surface area contributed by atoms with Crippen molar-refractivity contribution < 1.29 is 9.05 Å². The van der Waals surface area contributed by atoms with E-state index >= 15 is 0 Å². The third-order valence-corrected chi connectivity index (χ3v) is 4.34. The van der Waals surface area contributed by atoms with Crippen molar-refractivity contribution in [2.75, 3.05) is 0 Å². The fourth-order valence-electron chi connectivity index (χ4n) is 2.91. The molecule has 0 spiro atoms. The minimum atomic E-state index is 0.309. The van der Waals surface area contributed by atoms with Gasteiger partial charge in [-0.1, -0.05) is 24.2 Å². The van der Waals surface area contributed by atoms with Gasteiger partial charge in [-0.05, 0) is 18.2 Å². The molecule has 0 amide bonds. The van der Waals surface area contributed by atoms with Crippen molar-refractivity contribution in [3.05, 3.63) is 36.0 Å². The number of aryl methyl sites for hydroxylation is 2. The average Bonchev–Trinajstić information content (AvgIpc) is 3.44. The van der Waals surface area contributed by atoms with E-state index in [0.717, 1.165) is 33.9 Å². The van der Waals surface area contributed by atoms with Crippen LogP contribution in [0, 0.1) is 0 Å².